The average Bonchev–Trinajstić information content (AvgIpc) is 2.71. The molecule has 0 unspecified atom stereocenters. The molecule has 0 spiro atoms. The molecule has 0 saturated heterocycles. The van der Waals surface area contributed by atoms with Crippen molar-refractivity contribution in [3.05, 3.63) is 23.8 Å². The van der Waals surface area contributed by atoms with Gasteiger partial charge in [-0.1, -0.05) is 18.9 Å². The molecule has 2 nitrogen and oxygen atoms in total. The van der Waals surface area contributed by atoms with Gasteiger partial charge in [-0.15, -0.1) is 0 Å². The van der Waals surface area contributed by atoms with Gasteiger partial charge in [-0.25, -0.2) is 0 Å². The number of hydrogen-bond donors (Lipinski definition) is 1. The number of nitrogens with one attached hydrogen (secondary N) is 1. The van der Waals surface area contributed by atoms with Crippen LogP contribution >= 0.6 is 0 Å². The number of aryl methyl sites for hydroxylation is 1. The lowest BCUT2D eigenvalue weighted by atomic mass is 10.1. The fourth-order valence-corrected chi connectivity index (χ4v) is 2.22. The number of methoxy groups -OCH3 is 1. The van der Waals surface area contributed by atoms with Crippen molar-refractivity contribution in [3.8, 4) is 5.75 Å². The van der Waals surface area contributed by atoms with E-state index in [1.165, 1.54) is 31.2 Å². The first-order valence-corrected chi connectivity index (χ1v) is 5.71. The van der Waals surface area contributed by atoms with Crippen LogP contribution in [0.15, 0.2) is 18.2 Å². The molecular weight excluding hydrogens is 186 g/mol. The molecule has 0 aliphatic heterocycles. The van der Waals surface area contributed by atoms with Crippen LogP contribution in [0.1, 0.15) is 31.2 Å². The summed E-state index contributed by atoms with van der Waals surface area (Å²) in [5, 5.41) is 3.58. The standard InChI is InChI=1S/C13H19NO/c1-10-7-8-13(15-2)12(9-10)14-11-5-3-4-6-11/h7-9,11,14H,3-6H2,1-2H3. The molecule has 0 aromatic heterocycles. The zero-order valence-corrected chi connectivity index (χ0v) is 9.55. The molecule has 0 bridgehead atoms. The predicted octanol–water partition coefficient (Wildman–Crippen LogP) is 3.36. The van der Waals surface area contributed by atoms with E-state index in [1.807, 2.05) is 6.07 Å². The molecule has 82 valence electrons. The van der Waals surface area contributed by atoms with E-state index >= 15 is 0 Å². The van der Waals surface area contributed by atoms with E-state index in [4.69, 9.17) is 4.74 Å². The van der Waals surface area contributed by atoms with Crippen molar-refractivity contribution in [2.45, 2.75) is 38.6 Å². The van der Waals surface area contributed by atoms with Crippen LogP contribution in [0.5, 0.6) is 5.75 Å². The van der Waals surface area contributed by atoms with E-state index in [1.54, 1.807) is 7.11 Å². The molecule has 1 aromatic carbocycles. The lowest BCUT2D eigenvalue weighted by molar-refractivity contribution is 0.416. The Hall–Kier alpha value is -1.18. The maximum atomic E-state index is 5.35. The summed E-state index contributed by atoms with van der Waals surface area (Å²) in [6, 6.07) is 6.92. The Morgan fingerprint density at radius 3 is 2.67 bits per heavy atom. The second-order valence-electron chi connectivity index (χ2n) is 4.33. The summed E-state index contributed by atoms with van der Waals surface area (Å²) >= 11 is 0. The Morgan fingerprint density at radius 2 is 2.00 bits per heavy atom. The summed E-state index contributed by atoms with van der Waals surface area (Å²) in [6.07, 6.45) is 5.28. The fraction of sp³-hybridized carbons (Fsp3) is 0.538. The van der Waals surface area contributed by atoms with Crippen LogP contribution in [-0.2, 0) is 0 Å². The molecule has 1 aliphatic carbocycles. The molecule has 0 radical (unpaired) electrons. The minimum absolute atomic E-state index is 0.640. The first-order valence-electron chi connectivity index (χ1n) is 5.71. The van der Waals surface area contributed by atoms with Gasteiger partial charge in [0.2, 0.25) is 0 Å². The zero-order valence-electron chi connectivity index (χ0n) is 9.55. The van der Waals surface area contributed by atoms with Crippen LogP contribution in [0.4, 0.5) is 5.69 Å². The van der Waals surface area contributed by atoms with Gasteiger partial charge in [-0.2, -0.15) is 0 Å². The number of ether oxygens (including phenoxy) is 1. The molecule has 0 heterocycles. The molecule has 1 saturated carbocycles. The topological polar surface area (TPSA) is 21.3 Å². The summed E-state index contributed by atoms with van der Waals surface area (Å²) in [4.78, 5) is 0. The van der Waals surface area contributed by atoms with Crippen molar-refractivity contribution in [1.29, 1.82) is 0 Å². The lowest BCUT2D eigenvalue weighted by Gasteiger charge is -2.16. The average molecular weight is 205 g/mol. The molecule has 15 heavy (non-hydrogen) atoms. The monoisotopic (exact) mass is 205 g/mol. The number of anilines is 1. The van der Waals surface area contributed by atoms with Gasteiger partial charge in [0.1, 0.15) is 5.75 Å². The van der Waals surface area contributed by atoms with Crippen molar-refractivity contribution in [3.63, 3.8) is 0 Å². The lowest BCUT2D eigenvalue weighted by Crippen LogP contribution is -2.15. The summed E-state index contributed by atoms with van der Waals surface area (Å²) < 4.78 is 5.35. The van der Waals surface area contributed by atoms with Crippen molar-refractivity contribution >= 4 is 5.69 Å². The summed E-state index contributed by atoms with van der Waals surface area (Å²) in [7, 11) is 1.73. The summed E-state index contributed by atoms with van der Waals surface area (Å²) in [5.74, 6) is 0.951. The number of hydrogen-bond acceptors (Lipinski definition) is 2. The van der Waals surface area contributed by atoms with Crippen molar-refractivity contribution in [1.82, 2.24) is 0 Å². The van der Waals surface area contributed by atoms with Gasteiger partial charge in [0.25, 0.3) is 0 Å². The first kappa shape index (κ1) is 10.3. The molecular formula is C13H19NO. The second-order valence-corrected chi connectivity index (χ2v) is 4.33. The Labute approximate surface area is 91.6 Å². The highest BCUT2D eigenvalue weighted by atomic mass is 16.5. The largest absolute Gasteiger partial charge is 0.495 e. The quantitative estimate of drug-likeness (QED) is 0.817. The maximum Gasteiger partial charge on any atom is 0.141 e. The maximum absolute atomic E-state index is 5.35. The smallest absolute Gasteiger partial charge is 0.141 e. The minimum atomic E-state index is 0.640. The van der Waals surface area contributed by atoms with Crippen LogP contribution in [0.3, 0.4) is 0 Å². The molecule has 2 rings (SSSR count). The second kappa shape index (κ2) is 4.56. The molecule has 1 N–H and O–H groups in total. The molecule has 1 aliphatic rings. The Morgan fingerprint density at radius 1 is 1.27 bits per heavy atom. The van der Waals surface area contributed by atoms with E-state index in [2.05, 4.69) is 24.4 Å². The van der Waals surface area contributed by atoms with Gasteiger partial charge in [0.05, 0.1) is 12.8 Å². The van der Waals surface area contributed by atoms with Crippen LogP contribution in [0, 0.1) is 6.92 Å². The molecule has 0 amide bonds. The van der Waals surface area contributed by atoms with Crippen LogP contribution in [0.25, 0.3) is 0 Å². The Bertz CT molecular complexity index is 329. The van der Waals surface area contributed by atoms with Crippen LogP contribution in [-0.4, -0.2) is 13.2 Å². The highest BCUT2D eigenvalue weighted by molar-refractivity contribution is 5.58. The Balaban J connectivity index is 2.14. The normalized spacial score (nSPS) is 16.7. The molecule has 2 heteroatoms. The Kier molecular flexibility index (Phi) is 3.14. The van der Waals surface area contributed by atoms with Gasteiger partial charge in [-0.3, -0.25) is 0 Å². The minimum Gasteiger partial charge on any atom is -0.495 e. The highest BCUT2D eigenvalue weighted by Gasteiger charge is 2.15. The van der Waals surface area contributed by atoms with Crippen molar-refractivity contribution in [2.24, 2.45) is 0 Å². The molecule has 1 fully saturated rings. The third-order valence-corrected chi connectivity index (χ3v) is 3.07. The van der Waals surface area contributed by atoms with E-state index in [9.17, 15) is 0 Å². The van der Waals surface area contributed by atoms with Gasteiger partial charge in [0.15, 0.2) is 0 Å². The molecule has 0 atom stereocenters. The van der Waals surface area contributed by atoms with Gasteiger partial charge < -0.3 is 10.1 Å². The van der Waals surface area contributed by atoms with E-state index in [0.29, 0.717) is 6.04 Å². The number of rotatable bonds is 3. The zero-order chi connectivity index (χ0) is 10.7. The van der Waals surface area contributed by atoms with Gasteiger partial charge in [0, 0.05) is 6.04 Å². The highest BCUT2D eigenvalue weighted by Crippen LogP contribution is 2.29. The molecule has 1 aromatic rings. The SMILES string of the molecule is COc1ccc(C)cc1NC1CCCC1. The van der Waals surface area contributed by atoms with Gasteiger partial charge in [-0.05, 0) is 37.5 Å². The third-order valence-electron chi connectivity index (χ3n) is 3.07. The van der Waals surface area contributed by atoms with Gasteiger partial charge >= 0.3 is 0 Å². The third kappa shape index (κ3) is 2.44. The summed E-state index contributed by atoms with van der Waals surface area (Å²) in [5.41, 5.74) is 2.42. The van der Waals surface area contributed by atoms with Crippen LogP contribution < -0.4 is 10.1 Å². The number of benzene rings is 1. The first-order chi connectivity index (χ1) is 7.29. The predicted molar refractivity (Wildman–Crippen MR) is 63.6 cm³/mol. The van der Waals surface area contributed by atoms with E-state index < -0.39 is 0 Å². The van der Waals surface area contributed by atoms with E-state index in [-0.39, 0.29) is 0 Å². The van der Waals surface area contributed by atoms with Crippen LogP contribution in [0.2, 0.25) is 0 Å². The summed E-state index contributed by atoms with van der Waals surface area (Å²) in [6.45, 7) is 2.11. The fourth-order valence-electron chi connectivity index (χ4n) is 2.22. The van der Waals surface area contributed by atoms with Crippen molar-refractivity contribution in [2.75, 3.05) is 12.4 Å². The van der Waals surface area contributed by atoms with E-state index in [0.717, 1.165) is 11.4 Å². The van der Waals surface area contributed by atoms with Crippen molar-refractivity contribution < 1.29 is 4.74 Å².